The molecule has 6 rings (SSSR count). The molecule has 0 bridgehead atoms. The minimum atomic E-state index is 0.316. The molecule has 4 nitrogen and oxygen atoms in total. The van der Waals surface area contributed by atoms with Gasteiger partial charge in [0, 0.05) is 42.7 Å². The number of para-hydroxylation sites is 1. The number of pyridine rings is 2. The Morgan fingerprint density at radius 2 is 1.72 bits per heavy atom. The zero-order chi connectivity index (χ0) is 21.5. The van der Waals surface area contributed by atoms with Crippen LogP contribution in [-0.2, 0) is 6.42 Å². The molecule has 0 radical (unpaired) electrons. The Morgan fingerprint density at radius 3 is 2.56 bits per heavy atom. The van der Waals surface area contributed by atoms with Crippen LogP contribution in [0.1, 0.15) is 29.7 Å². The van der Waals surface area contributed by atoms with E-state index in [1.807, 2.05) is 6.20 Å². The standard InChI is InChI=1S/C28H26N4/c29-24-11-13-32(14-12-24)27-8-4-7-20-9-10-25(31-28(20)27)23-16-22-15-21(17-26(22)30-18-23)19-5-2-1-3-6-19/h1-10,15-16,18,24H,11-14,17,29H2. The number of allylic oxidation sites excluding steroid dienone is 1. The first-order chi connectivity index (χ1) is 15.7. The summed E-state index contributed by atoms with van der Waals surface area (Å²) < 4.78 is 0. The highest BCUT2D eigenvalue weighted by molar-refractivity contribution is 5.93. The monoisotopic (exact) mass is 418 g/mol. The van der Waals surface area contributed by atoms with Crippen LogP contribution in [-0.4, -0.2) is 29.1 Å². The van der Waals surface area contributed by atoms with Crippen molar-refractivity contribution in [2.45, 2.75) is 25.3 Å². The van der Waals surface area contributed by atoms with Gasteiger partial charge in [-0.2, -0.15) is 0 Å². The molecule has 32 heavy (non-hydrogen) atoms. The fourth-order valence-electron chi connectivity index (χ4n) is 4.87. The summed E-state index contributed by atoms with van der Waals surface area (Å²) in [6.07, 6.45) is 7.18. The van der Waals surface area contributed by atoms with Gasteiger partial charge in [0.25, 0.3) is 0 Å². The highest BCUT2D eigenvalue weighted by Crippen LogP contribution is 2.34. The number of benzene rings is 2. The van der Waals surface area contributed by atoms with E-state index in [-0.39, 0.29) is 0 Å². The van der Waals surface area contributed by atoms with Gasteiger partial charge in [-0.1, -0.05) is 48.5 Å². The lowest BCUT2D eigenvalue weighted by molar-refractivity contribution is 0.502. The molecular formula is C28H26N4. The Labute approximate surface area is 188 Å². The smallest absolute Gasteiger partial charge is 0.0942 e. The molecule has 1 fully saturated rings. The Hall–Kier alpha value is -3.50. The van der Waals surface area contributed by atoms with Crippen molar-refractivity contribution in [3.05, 3.63) is 89.7 Å². The molecular weight excluding hydrogens is 392 g/mol. The first-order valence-corrected chi connectivity index (χ1v) is 11.4. The van der Waals surface area contributed by atoms with Crippen LogP contribution >= 0.6 is 0 Å². The summed E-state index contributed by atoms with van der Waals surface area (Å²) >= 11 is 0. The summed E-state index contributed by atoms with van der Waals surface area (Å²) in [4.78, 5) is 12.3. The maximum atomic E-state index is 6.13. The van der Waals surface area contributed by atoms with Gasteiger partial charge in [-0.05, 0) is 53.8 Å². The molecule has 0 saturated carbocycles. The second kappa shape index (κ2) is 7.88. The predicted molar refractivity (Wildman–Crippen MR) is 132 cm³/mol. The van der Waals surface area contributed by atoms with Gasteiger partial charge in [0.15, 0.2) is 0 Å². The quantitative estimate of drug-likeness (QED) is 0.489. The van der Waals surface area contributed by atoms with Gasteiger partial charge in [-0.3, -0.25) is 4.98 Å². The molecule has 1 aliphatic carbocycles. The van der Waals surface area contributed by atoms with Crippen molar-refractivity contribution in [3.8, 4) is 11.3 Å². The third-order valence-electron chi connectivity index (χ3n) is 6.71. The Balaban J connectivity index is 1.37. The Morgan fingerprint density at radius 1 is 0.875 bits per heavy atom. The van der Waals surface area contributed by atoms with Gasteiger partial charge >= 0.3 is 0 Å². The first kappa shape index (κ1) is 19.2. The van der Waals surface area contributed by atoms with Crippen LogP contribution in [0.4, 0.5) is 5.69 Å². The maximum Gasteiger partial charge on any atom is 0.0942 e. The van der Waals surface area contributed by atoms with E-state index in [1.54, 1.807) is 0 Å². The third kappa shape index (κ3) is 3.47. The lowest BCUT2D eigenvalue weighted by atomic mass is 10.0. The molecule has 4 aromatic rings. The van der Waals surface area contributed by atoms with Gasteiger partial charge in [-0.25, -0.2) is 4.98 Å². The average Bonchev–Trinajstić information content (AvgIpc) is 3.28. The fourth-order valence-corrected chi connectivity index (χ4v) is 4.87. The summed E-state index contributed by atoms with van der Waals surface area (Å²) in [5.74, 6) is 0. The molecule has 2 aromatic heterocycles. The molecule has 0 unspecified atom stereocenters. The van der Waals surface area contributed by atoms with E-state index in [1.165, 1.54) is 27.8 Å². The molecule has 4 heteroatoms. The van der Waals surface area contributed by atoms with Crippen molar-refractivity contribution in [2.75, 3.05) is 18.0 Å². The highest BCUT2D eigenvalue weighted by Gasteiger charge is 2.20. The van der Waals surface area contributed by atoms with Gasteiger partial charge in [0.2, 0.25) is 0 Å². The largest absolute Gasteiger partial charge is 0.370 e. The van der Waals surface area contributed by atoms with E-state index in [2.05, 4.69) is 77.7 Å². The maximum absolute atomic E-state index is 6.13. The number of anilines is 1. The molecule has 2 aromatic carbocycles. The summed E-state index contributed by atoms with van der Waals surface area (Å²) in [5.41, 5.74) is 15.3. The average molecular weight is 419 g/mol. The minimum absolute atomic E-state index is 0.316. The van der Waals surface area contributed by atoms with Crippen LogP contribution < -0.4 is 10.6 Å². The lowest BCUT2D eigenvalue weighted by Crippen LogP contribution is -2.39. The van der Waals surface area contributed by atoms with E-state index in [9.17, 15) is 0 Å². The van der Waals surface area contributed by atoms with Crippen LogP contribution in [0, 0.1) is 0 Å². The van der Waals surface area contributed by atoms with Crippen LogP contribution in [0.5, 0.6) is 0 Å². The highest BCUT2D eigenvalue weighted by atomic mass is 15.1. The molecule has 0 amide bonds. The van der Waals surface area contributed by atoms with Crippen molar-refractivity contribution in [2.24, 2.45) is 5.73 Å². The number of hydrogen-bond donors (Lipinski definition) is 1. The van der Waals surface area contributed by atoms with Gasteiger partial charge in [0.05, 0.1) is 22.6 Å². The van der Waals surface area contributed by atoms with Crippen LogP contribution in [0.15, 0.2) is 72.9 Å². The lowest BCUT2D eigenvalue weighted by Gasteiger charge is -2.32. The summed E-state index contributed by atoms with van der Waals surface area (Å²) in [6.45, 7) is 1.97. The third-order valence-corrected chi connectivity index (χ3v) is 6.71. The molecule has 158 valence electrons. The van der Waals surface area contributed by atoms with Crippen LogP contribution in [0.25, 0.3) is 33.8 Å². The second-order valence-corrected chi connectivity index (χ2v) is 8.84. The van der Waals surface area contributed by atoms with Gasteiger partial charge in [-0.15, -0.1) is 0 Å². The number of fused-ring (bicyclic) bond motifs is 2. The summed E-state index contributed by atoms with van der Waals surface area (Å²) in [6, 6.07) is 23.8. The van der Waals surface area contributed by atoms with Crippen LogP contribution in [0.3, 0.4) is 0 Å². The molecule has 0 atom stereocenters. The molecule has 2 aliphatic rings. The zero-order valence-corrected chi connectivity index (χ0v) is 18.0. The summed E-state index contributed by atoms with van der Waals surface area (Å²) in [5, 5.41) is 1.17. The number of rotatable bonds is 3. The van der Waals surface area contributed by atoms with E-state index in [0.29, 0.717) is 6.04 Å². The number of nitrogens with two attached hydrogens (primary N) is 1. The van der Waals surface area contributed by atoms with E-state index < -0.39 is 0 Å². The number of aromatic nitrogens is 2. The normalized spacial score (nSPS) is 16.3. The van der Waals surface area contributed by atoms with Crippen LogP contribution in [0.2, 0.25) is 0 Å². The van der Waals surface area contributed by atoms with Crippen molar-refractivity contribution in [3.63, 3.8) is 0 Å². The zero-order valence-electron chi connectivity index (χ0n) is 18.0. The Kier molecular flexibility index (Phi) is 4.73. The number of nitrogens with zero attached hydrogens (tertiary/aromatic N) is 3. The summed E-state index contributed by atoms with van der Waals surface area (Å²) in [7, 11) is 0. The molecule has 1 saturated heterocycles. The number of piperidine rings is 1. The van der Waals surface area contributed by atoms with Crippen molar-refractivity contribution in [1.82, 2.24) is 9.97 Å². The fraction of sp³-hybridized carbons (Fsp3) is 0.214. The van der Waals surface area contributed by atoms with E-state index in [4.69, 9.17) is 15.7 Å². The molecule has 3 heterocycles. The topological polar surface area (TPSA) is 55.0 Å². The minimum Gasteiger partial charge on any atom is -0.370 e. The second-order valence-electron chi connectivity index (χ2n) is 8.84. The molecule has 0 spiro atoms. The van der Waals surface area contributed by atoms with Crippen molar-refractivity contribution in [1.29, 1.82) is 0 Å². The van der Waals surface area contributed by atoms with Gasteiger partial charge < -0.3 is 10.6 Å². The van der Waals surface area contributed by atoms with Gasteiger partial charge in [0.1, 0.15) is 0 Å². The Bertz CT molecular complexity index is 1320. The molecule has 1 aliphatic heterocycles. The predicted octanol–water partition coefficient (Wildman–Crippen LogP) is 5.32. The SMILES string of the molecule is NC1CCN(c2cccc3ccc(-c4cnc5c(c4)C=C(c4ccccc4)C5)nc23)CC1. The van der Waals surface area contributed by atoms with Crippen molar-refractivity contribution < 1.29 is 0 Å². The van der Waals surface area contributed by atoms with Crippen molar-refractivity contribution >= 4 is 28.2 Å². The number of hydrogen-bond acceptors (Lipinski definition) is 4. The van der Waals surface area contributed by atoms with E-state index in [0.717, 1.165) is 54.8 Å². The molecule has 2 N–H and O–H groups in total. The van der Waals surface area contributed by atoms with E-state index >= 15 is 0 Å². The first-order valence-electron chi connectivity index (χ1n) is 11.4.